The van der Waals surface area contributed by atoms with E-state index in [2.05, 4.69) is 23.7 Å². The Bertz CT molecular complexity index is 518. The molecule has 4 heteroatoms. The Morgan fingerprint density at radius 2 is 1.89 bits per heavy atom. The summed E-state index contributed by atoms with van der Waals surface area (Å²) in [5.74, 6) is 0.0477. The first kappa shape index (κ1) is 12.8. The standard InChI is InChI=1S/C14H16N2OS/c1-3-16(4-2)14-15-10-12(18-14)13(17)11-8-6-5-7-9-11/h5-10H,3-4H2,1-2H3. The number of benzene rings is 1. The van der Waals surface area contributed by atoms with Crippen molar-refractivity contribution in [3.05, 3.63) is 47.0 Å². The summed E-state index contributed by atoms with van der Waals surface area (Å²) >= 11 is 1.46. The molecule has 0 bridgehead atoms. The molecule has 3 nitrogen and oxygen atoms in total. The number of thiazole rings is 1. The van der Waals surface area contributed by atoms with Crippen LogP contribution in [0.5, 0.6) is 0 Å². The quantitative estimate of drug-likeness (QED) is 0.774. The number of hydrogen-bond donors (Lipinski definition) is 0. The number of carbonyl (C=O) groups is 1. The Hall–Kier alpha value is -1.68. The molecule has 1 aromatic carbocycles. The summed E-state index contributed by atoms with van der Waals surface area (Å²) < 4.78 is 0. The fourth-order valence-electron chi connectivity index (χ4n) is 1.74. The molecule has 0 N–H and O–H groups in total. The van der Waals surface area contributed by atoms with Crippen LogP contribution in [0.3, 0.4) is 0 Å². The maximum atomic E-state index is 12.2. The summed E-state index contributed by atoms with van der Waals surface area (Å²) in [4.78, 5) is 19.4. The van der Waals surface area contributed by atoms with E-state index >= 15 is 0 Å². The predicted octanol–water partition coefficient (Wildman–Crippen LogP) is 3.22. The van der Waals surface area contributed by atoms with Crippen LogP contribution in [0, 0.1) is 0 Å². The molecule has 18 heavy (non-hydrogen) atoms. The molecule has 0 aliphatic carbocycles. The Labute approximate surface area is 111 Å². The smallest absolute Gasteiger partial charge is 0.204 e. The minimum atomic E-state index is 0.0477. The van der Waals surface area contributed by atoms with E-state index in [1.54, 1.807) is 6.20 Å². The maximum absolute atomic E-state index is 12.2. The minimum absolute atomic E-state index is 0.0477. The van der Waals surface area contributed by atoms with E-state index in [9.17, 15) is 4.79 Å². The van der Waals surface area contributed by atoms with Gasteiger partial charge < -0.3 is 4.90 Å². The molecular weight excluding hydrogens is 244 g/mol. The zero-order chi connectivity index (χ0) is 13.0. The number of hydrogen-bond acceptors (Lipinski definition) is 4. The number of anilines is 1. The molecule has 0 aliphatic heterocycles. The lowest BCUT2D eigenvalue weighted by Gasteiger charge is -2.16. The molecule has 94 valence electrons. The van der Waals surface area contributed by atoms with Crippen LogP contribution in [-0.2, 0) is 0 Å². The minimum Gasteiger partial charge on any atom is -0.349 e. The fraction of sp³-hybridized carbons (Fsp3) is 0.286. The molecule has 0 radical (unpaired) electrons. The van der Waals surface area contributed by atoms with Crippen LogP contribution in [0.25, 0.3) is 0 Å². The lowest BCUT2D eigenvalue weighted by atomic mass is 10.1. The van der Waals surface area contributed by atoms with Crippen molar-refractivity contribution in [1.82, 2.24) is 4.98 Å². The van der Waals surface area contributed by atoms with E-state index in [4.69, 9.17) is 0 Å². The van der Waals surface area contributed by atoms with Gasteiger partial charge in [0.2, 0.25) is 5.78 Å². The molecule has 0 atom stereocenters. The molecule has 0 unspecified atom stereocenters. The van der Waals surface area contributed by atoms with Gasteiger partial charge in [0.05, 0.1) is 11.1 Å². The Morgan fingerprint density at radius 3 is 2.50 bits per heavy atom. The van der Waals surface area contributed by atoms with Crippen LogP contribution in [0.4, 0.5) is 5.13 Å². The van der Waals surface area contributed by atoms with E-state index in [0.717, 1.165) is 18.2 Å². The van der Waals surface area contributed by atoms with Crippen molar-refractivity contribution in [3.8, 4) is 0 Å². The second-order valence-corrected chi connectivity index (χ2v) is 4.88. The molecular formula is C14H16N2OS. The summed E-state index contributed by atoms with van der Waals surface area (Å²) in [6.07, 6.45) is 1.67. The van der Waals surface area contributed by atoms with Crippen molar-refractivity contribution >= 4 is 22.3 Å². The van der Waals surface area contributed by atoms with Crippen molar-refractivity contribution in [3.63, 3.8) is 0 Å². The Kier molecular flexibility index (Phi) is 4.10. The fourth-order valence-corrected chi connectivity index (χ4v) is 2.75. The van der Waals surface area contributed by atoms with Gasteiger partial charge in [0.25, 0.3) is 0 Å². The highest BCUT2D eigenvalue weighted by atomic mass is 32.1. The average Bonchev–Trinajstić information content (AvgIpc) is 2.90. The third-order valence-corrected chi connectivity index (χ3v) is 3.84. The number of aromatic nitrogens is 1. The molecule has 0 saturated heterocycles. The van der Waals surface area contributed by atoms with Gasteiger partial charge in [-0.25, -0.2) is 4.98 Å². The number of nitrogens with zero attached hydrogens (tertiary/aromatic N) is 2. The third kappa shape index (κ3) is 2.59. The SMILES string of the molecule is CCN(CC)c1ncc(C(=O)c2ccccc2)s1. The molecule has 2 aromatic rings. The summed E-state index contributed by atoms with van der Waals surface area (Å²) in [5.41, 5.74) is 0.715. The lowest BCUT2D eigenvalue weighted by molar-refractivity contribution is 0.104. The number of rotatable bonds is 5. The molecule has 0 fully saturated rings. The highest BCUT2D eigenvalue weighted by Gasteiger charge is 2.14. The van der Waals surface area contributed by atoms with Crippen molar-refractivity contribution < 1.29 is 4.79 Å². The van der Waals surface area contributed by atoms with Crippen LogP contribution in [0.1, 0.15) is 29.1 Å². The largest absolute Gasteiger partial charge is 0.349 e. The normalized spacial score (nSPS) is 10.3. The summed E-state index contributed by atoms with van der Waals surface area (Å²) in [7, 11) is 0. The predicted molar refractivity (Wildman–Crippen MR) is 75.5 cm³/mol. The molecule has 0 saturated carbocycles. The van der Waals surface area contributed by atoms with Crippen molar-refractivity contribution in [2.75, 3.05) is 18.0 Å². The highest BCUT2D eigenvalue weighted by molar-refractivity contribution is 7.17. The van der Waals surface area contributed by atoms with Crippen LogP contribution < -0.4 is 4.90 Å². The molecule has 1 heterocycles. The average molecular weight is 260 g/mol. The Morgan fingerprint density at radius 1 is 1.22 bits per heavy atom. The monoisotopic (exact) mass is 260 g/mol. The molecule has 0 amide bonds. The van der Waals surface area contributed by atoms with Gasteiger partial charge in [0.1, 0.15) is 0 Å². The Balaban J connectivity index is 2.23. The second-order valence-electron chi connectivity index (χ2n) is 3.87. The van der Waals surface area contributed by atoms with E-state index in [0.29, 0.717) is 10.4 Å². The number of carbonyl (C=O) groups excluding carboxylic acids is 1. The van der Waals surface area contributed by atoms with Crippen LogP contribution >= 0.6 is 11.3 Å². The zero-order valence-corrected chi connectivity index (χ0v) is 11.4. The van der Waals surface area contributed by atoms with Crippen molar-refractivity contribution in [1.29, 1.82) is 0 Å². The van der Waals surface area contributed by atoms with Gasteiger partial charge in [-0.1, -0.05) is 41.7 Å². The van der Waals surface area contributed by atoms with Gasteiger partial charge in [-0.3, -0.25) is 4.79 Å². The molecule has 2 rings (SSSR count). The van der Waals surface area contributed by atoms with E-state index in [1.165, 1.54) is 11.3 Å². The topological polar surface area (TPSA) is 33.2 Å². The van der Waals surface area contributed by atoms with Crippen LogP contribution in [0.15, 0.2) is 36.5 Å². The maximum Gasteiger partial charge on any atom is 0.204 e. The van der Waals surface area contributed by atoms with E-state index in [-0.39, 0.29) is 5.78 Å². The van der Waals surface area contributed by atoms with Crippen molar-refractivity contribution in [2.45, 2.75) is 13.8 Å². The van der Waals surface area contributed by atoms with Gasteiger partial charge >= 0.3 is 0 Å². The van der Waals surface area contributed by atoms with Crippen LogP contribution in [0.2, 0.25) is 0 Å². The molecule has 0 spiro atoms. The van der Waals surface area contributed by atoms with Crippen LogP contribution in [-0.4, -0.2) is 23.9 Å². The first-order valence-electron chi connectivity index (χ1n) is 6.06. The molecule has 0 aliphatic rings. The van der Waals surface area contributed by atoms with Gasteiger partial charge in [-0.15, -0.1) is 0 Å². The van der Waals surface area contributed by atoms with Gasteiger partial charge in [0.15, 0.2) is 5.13 Å². The first-order chi connectivity index (χ1) is 8.76. The summed E-state index contributed by atoms with van der Waals surface area (Å²) in [6.45, 7) is 5.99. The van der Waals surface area contributed by atoms with E-state index < -0.39 is 0 Å². The number of ketones is 1. The lowest BCUT2D eigenvalue weighted by Crippen LogP contribution is -2.21. The summed E-state index contributed by atoms with van der Waals surface area (Å²) in [5, 5.41) is 0.916. The molecule has 1 aromatic heterocycles. The summed E-state index contributed by atoms with van der Waals surface area (Å²) in [6, 6.07) is 9.32. The van der Waals surface area contributed by atoms with Gasteiger partial charge in [-0.2, -0.15) is 0 Å². The van der Waals surface area contributed by atoms with E-state index in [1.807, 2.05) is 30.3 Å². The third-order valence-electron chi connectivity index (χ3n) is 2.79. The van der Waals surface area contributed by atoms with Gasteiger partial charge in [-0.05, 0) is 13.8 Å². The highest BCUT2D eigenvalue weighted by Crippen LogP contribution is 2.24. The first-order valence-corrected chi connectivity index (χ1v) is 6.88. The second kappa shape index (κ2) is 5.78. The van der Waals surface area contributed by atoms with Gasteiger partial charge in [0, 0.05) is 18.7 Å². The zero-order valence-electron chi connectivity index (χ0n) is 10.6. The van der Waals surface area contributed by atoms with Crippen molar-refractivity contribution in [2.24, 2.45) is 0 Å².